The molecule has 1 aromatic carbocycles. The number of hydrogen-bond acceptors (Lipinski definition) is 3. The Morgan fingerprint density at radius 3 is 2.56 bits per heavy atom. The molecule has 138 valence electrons. The smallest absolute Gasteiger partial charge is 0.311 e. The standard InChI is InChI=1S/C17H22FN3O3.H2S/c1-10(2)19-16(23)17(24)21-7-6-12(9-21)15(22)20-13-4-5-14(18)11(3)8-13;/h4-5,8,10,12H,6-7,9H2,1-3H3,(H,19,23)(H,20,22);1H2/t12-;/m0./s1. The molecular weight excluding hydrogens is 345 g/mol. The molecule has 0 spiro atoms. The number of benzene rings is 1. The SMILES string of the molecule is Cc1cc(NC(=O)[C@H]2CCN(C(=O)C(=O)NC(C)C)C2)ccc1F.S. The van der Waals surface area contributed by atoms with Gasteiger partial charge in [0.1, 0.15) is 5.82 Å². The van der Waals surface area contributed by atoms with Crippen molar-refractivity contribution in [1.29, 1.82) is 0 Å². The van der Waals surface area contributed by atoms with Crippen molar-refractivity contribution in [2.24, 2.45) is 5.92 Å². The third-order valence-electron chi connectivity index (χ3n) is 3.89. The normalized spacial score (nSPS) is 16.4. The van der Waals surface area contributed by atoms with Crippen molar-refractivity contribution >= 4 is 36.9 Å². The quantitative estimate of drug-likeness (QED) is 0.794. The molecule has 0 radical (unpaired) electrons. The molecule has 1 aliphatic rings. The fourth-order valence-corrected chi connectivity index (χ4v) is 2.59. The first-order chi connectivity index (χ1) is 11.3. The Balaban J connectivity index is 0.00000312. The van der Waals surface area contributed by atoms with E-state index in [1.165, 1.54) is 17.0 Å². The molecule has 8 heteroatoms. The van der Waals surface area contributed by atoms with Crippen molar-refractivity contribution in [1.82, 2.24) is 10.2 Å². The molecule has 6 nitrogen and oxygen atoms in total. The van der Waals surface area contributed by atoms with Crippen molar-refractivity contribution in [3.63, 3.8) is 0 Å². The van der Waals surface area contributed by atoms with Crippen LogP contribution in [0.1, 0.15) is 25.8 Å². The summed E-state index contributed by atoms with van der Waals surface area (Å²) in [7, 11) is 0. The number of nitrogens with one attached hydrogen (secondary N) is 2. The lowest BCUT2D eigenvalue weighted by molar-refractivity contribution is -0.145. The number of likely N-dealkylation sites (tertiary alicyclic amines) is 1. The zero-order valence-corrected chi connectivity index (χ0v) is 15.6. The van der Waals surface area contributed by atoms with Gasteiger partial charge in [0.05, 0.1) is 5.92 Å². The van der Waals surface area contributed by atoms with Gasteiger partial charge in [-0.1, -0.05) is 0 Å². The van der Waals surface area contributed by atoms with E-state index in [9.17, 15) is 18.8 Å². The van der Waals surface area contributed by atoms with Gasteiger partial charge in [-0.05, 0) is 51.0 Å². The lowest BCUT2D eigenvalue weighted by atomic mass is 10.1. The average Bonchev–Trinajstić information content (AvgIpc) is 2.99. The summed E-state index contributed by atoms with van der Waals surface area (Å²) in [5, 5.41) is 5.28. The molecule has 0 bridgehead atoms. The van der Waals surface area contributed by atoms with Crippen molar-refractivity contribution in [2.45, 2.75) is 33.2 Å². The summed E-state index contributed by atoms with van der Waals surface area (Å²) in [5.41, 5.74) is 0.961. The largest absolute Gasteiger partial charge is 0.346 e. The first-order valence-corrected chi connectivity index (χ1v) is 7.94. The number of carbonyl (C=O) groups excluding carboxylic acids is 3. The van der Waals surface area contributed by atoms with Crippen LogP contribution in [0, 0.1) is 18.7 Å². The van der Waals surface area contributed by atoms with E-state index in [-0.39, 0.29) is 43.7 Å². The maximum Gasteiger partial charge on any atom is 0.311 e. The summed E-state index contributed by atoms with van der Waals surface area (Å²) in [4.78, 5) is 37.4. The number of nitrogens with zero attached hydrogens (tertiary/aromatic N) is 1. The van der Waals surface area contributed by atoms with Gasteiger partial charge in [-0.3, -0.25) is 14.4 Å². The van der Waals surface area contributed by atoms with Crippen LogP contribution in [0.15, 0.2) is 18.2 Å². The van der Waals surface area contributed by atoms with Crippen LogP contribution < -0.4 is 10.6 Å². The highest BCUT2D eigenvalue weighted by atomic mass is 32.1. The molecule has 1 aliphatic heterocycles. The van der Waals surface area contributed by atoms with Crippen LogP contribution in [-0.4, -0.2) is 41.8 Å². The first-order valence-electron chi connectivity index (χ1n) is 7.94. The minimum Gasteiger partial charge on any atom is -0.346 e. The van der Waals surface area contributed by atoms with E-state index >= 15 is 0 Å². The molecule has 25 heavy (non-hydrogen) atoms. The zero-order chi connectivity index (χ0) is 17.9. The Hall–Kier alpha value is -2.09. The second kappa shape index (κ2) is 8.84. The van der Waals surface area contributed by atoms with Crippen LogP contribution in [0.25, 0.3) is 0 Å². The molecule has 0 aromatic heterocycles. The summed E-state index contributed by atoms with van der Waals surface area (Å²) in [6, 6.07) is 4.23. The van der Waals surface area contributed by atoms with Gasteiger partial charge in [0.15, 0.2) is 0 Å². The van der Waals surface area contributed by atoms with Crippen molar-refractivity contribution < 1.29 is 18.8 Å². The van der Waals surface area contributed by atoms with Gasteiger partial charge in [0.2, 0.25) is 5.91 Å². The van der Waals surface area contributed by atoms with Gasteiger partial charge in [-0.25, -0.2) is 4.39 Å². The molecule has 0 unspecified atom stereocenters. The molecular formula is C17H24FN3O3S. The van der Waals surface area contributed by atoms with Crippen LogP contribution in [-0.2, 0) is 14.4 Å². The van der Waals surface area contributed by atoms with Gasteiger partial charge < -0.3 is 15.5 Å². The Morgan fingerprint density at radius 1 is 1.28 bits per heavy atom. The van der Waals surface area contributed by atoms with E-state index in [0.717, 1.165) is 0 Å². The summed E-state index contributed by atoms with van der Waals surface area (Å²) in [6.07, 6.45) is 0.493. The molecule has 1 saturated heterocycles. The average molecular weight is 369 g/mol. The van der Waals surface area contributed by atoms with Crippen molar-refractivity contribution in [3.05, 3.63) is 29.6 Å². The maximum absolute atomic E-state index is 13.2. The monoisotopic (exact) mass is 369 g/mol. The fraction of sp³-hybridized carbons (Fsp3) is 0.471. The van der Waals surface area contributed by atoms with Gasteiger partial charge in [-0.15, -0.1) is 0 Å². The Morgan fingerprint density at radius 2 is 1.96 bits per heavy atom. The lowest BCUT2D eigenvalue weighted by Crippen LogP contribution is -2.44. The number of anilines is 1. The summed E-state index contributed by atoms with van der Waals surface area (Å²) >= 11 is 0. The molecule has 2 N–H and O–H groups in total. The number of halogens is 1. The number of rotatable bonds is 3. The molecule has 0 aliphatic carbocycles. The lowest BCUT2D eigenvalue weighted by Gasteiger charge is -2.17. The van der Waals surface area contributed by atoms with E-state index < -0.39 is 11.8 Å². The molecule has 1 fully saturated rings. The summed E-state index contributed by atoms with van der Waals surface area (Å²) < 4.78 is 13.2. The topological polar surface area (TPSA) is 78.5 Å². The Kier molecular flexibility index (Phi) is 7.41. The van der Waals surface area contributed by atoms with Crippen LogP contribution >= 0.6 is 13.5 Å². The van der Waals surface area contributed by atoms with Gasteiger partial charge in [0, 0.05) is 24.8 Å². The number of amides is 3. The van der Waals surface area contributed by atoms with E-state index in [0.29, 0.717) is 24.2 Å². The molecule has 2 rings (SSSR count). The minimum atomic E-state index is -0.653. The van der Waals surface area contributed by atoms with E-state index in [4.69, 9.17) is 0 Å². The molecule has 1 heterocycles. The molecule has 1 atom stereocenters. The van der Waals surface area contributed by atoms with E-state index in [1.54, 1.807) is 26.8 Å². The minimum absolute atomic E-state index is 0. The summed E-state index contributed by atoms with van der Waals surface area (Å²) in [6.45, 7) is 5.74. The second-order valence-electron chi connectivity index (χ2n) is 6.32. The number of hydrogen-bond donors (Lipinski definition) is 2. The third-order valence-corrected chi connectivity index (χ3v) is 3.89. The number of aryl methyl sites for hydroxylation is 1. The van der Waals surface area contributed by atoms with Crippen LogP contribution in [0.2, 0.25) is 0 Å². The predicted octanol–water partition coefficient (Wildman–Crippen LogP) is 1.56. The number of carbonyl (C=O) groups is 3. The maximum atomic E-state index is 13.2. The third kappa shape index (κ3) is 5.45. The second-order valence-corrected chi connectivity index (χ2v) is 6.32. The van der Waals surface area contributed by atoms with E-state index in [1.807, 2.05) is 0 Å². The highest BCUT2D eigenvalue weighted by molar-refractivity contribution is 7.59. The molecule has 1 aromatic rings. The van der Waals surface area contributed by atoms with Gasteiger partial charge >= 0.3 is 11.8 Å². The Labute approximate surface area is 153 Å². The van der Waals surface area contributed by atoms with Crippen LogP contribution in [0.4, 0.5) is 10.1 Å². The van der Waals surface area contributed by atoms with E-state index in [2.05, 4.69) is 10.6 Å². The van der Waals surface area contributed by atoms with Gasteiger partial charge in [0.25, 0.3) is 0 Å². The Bertz CT molecular complexity index is 667. The van der Waals surface area contributed by atoms with Gasteiger partial charge in [-0.2, -0.15) is 13.5 Å². The summed E-state index contributed by atoms with van der Waals surface area (Å²) in [5.74, 6) is -2.22. The zero-order valence-electron chi connectivity index (χ0n) is 14.6. The van der Waals surface area contributed by atoms with Crippen molar-refractivity contribution in [3.8, 4) is 0 Å². The van der Waals surface area contributed by atoms with Crippen molar-refractivity contribution in [2.75, 3.05) is 18.4 Å². The highest BCUT2D eigenvalue weighted by Gasteiger charge is 2.33. The molecule has 0 saturated carbocycles. The molecule has 3 amide bonds. The fourth-order valence-electron chi connectivity index (χ4n) is 2.59. The first kappa shape index (κ1) is 21.0. The highest BCUT2D eigenvalue weighted by Crippen LogP contribution is 2.20. The van der Waals surface area contributed by atoms with Crippen LogP contribution in [0.5, 0.6) is 0 Å². The predicted molar refractivity (Wildman–Crippen MR) is 98.1 cm³/mol. The van der Waals surface area contributed by atoms with Crippen LogP contribution in [0.3, 0.4) is 0 Å².